The molecule has 8 nitrogen and oxygen atoms in total. The number of hydrogen-bond donors (Lipinski definition) is 2. The summed E-state index contributed by atoms with van der Waals surface area (Å²) in [5, 5.41) is 11.1. The summed E-state index contributed by atoms with van der Waals surface area (Å²) in [5.74, 6) is -0.610. The van der Waals surface area contributed by atoms with E-state index in [0.717, 1.165) is 18.4 Å². The second-order valence-corrected chi connectivity index (χ2v) is 11.0. The maximum atomic E-state index is 13.4. The number of anilines is 2. The summed E-state index contributed by atoms with van der Waals surface area (Å²) in [4.78, 5) is 18.9. The van der Waals surface area contributed by atoms with Crippen LogP contribution in [0, 0.1) is 0 Å². The van der Waals surface area contributed by atoms with Crippen molar-refractivity contribution in [2.75, 3.05) is 16.2 Å². The Morgan fingerprint density at radius 1 is 1.03 bits per heavy atom. The van der Waals surface area contributed by atoms with Crippen molar-refractivity contribution < 1.29 is 23.1 Å². The Kier molecular flexibility index (Phi) is 8.36. The molecule has 0 radical (unpaired) electrons. The van der Waals surface area contributed by atoms with Crippen molar-refractivity contribution in [3.63, 3.8) is 0 Å². The zero-order chi connectivity index (χ0) is 27.2. The molecule has 1 aliphatic heterocycles. The lowest BCUT2D eigenvalue weighted by Gasteiger charge is -2.39. The number of sulfonamides is 1. The van der Waals surface area contributed by atoms with Crippen LogP contribution in [0.5, 0.6) is 0 Å². The highest BCUT2D eigenvalue weighted by Crippen LogP contribution is 2.39. The predicted molar refractivity (Wildman–Crippen MR) is 147 cm³/mol. The summed E-state index contributed by atoms with van der Waals surface area (Å²) in [6.07, 6.45) is 4.40. The quantitative estimate of drug-likeness (QED) is 0.308. The Balaban J connectivity index is 1.59. The van der Waals surface area contributed by atoms with Gasteiger partial charge in [-0.25, -0.2) is 9.78 Å². The van der Waals surface area contributed by atoms with Crippen molar-refractivity contribution in [2.45, 2.75) is 56.6 Å². The summed E-state index contributed by atoms with van der Waals surface area (Å²) < 4.78 is 34.1. The number of nitrogens with one attached hydrogen (secondary N) is 1. The van der Waals surface area contributed by atoms with Crippen LogP contribution in [0.15, 0.2) is 95.5 Å². The van der Waals surface area contributed by atoms with Gasteiger partial charge < -0.3 is 14.7 Å². The molecular weight excluding hydrogens is 502 g/mol. The van der Waals surface area contributed by atoms with E-state index in [0.29, 0.717) is 30.8 Å². The molecule has 0 amide bonds. The zero-order valence-electron chi connectivity index (χ0n) is 21.6. The number of aromatic nitrogens is 1. The van der Waals surface area contributed by atoms with Gasteiger partial charge in [-0.2, -0.15) is 8.42 Å². The fourth-order valence-corrected chi connectivity index (χ4v) is 5.85. The summed E-state index contributed by atoms with van der Waals surface area (Å²) in [5.41, 5.74) is 1.28. The zero-order valence-corrected chi connectivity index (χ0v) is 22.4. The largest absolute Gasteiger partial charge is 0.510 e. The number of aliphatic hydroxyl groups is 1. The van der Waals surface area contributed by atoms with Gasteiger partial charge in [0.25, 0.3) is 10.0 Å². The molecule has 38 heavy (non-hydrogen) atoms. The molecule has 1 aliphatic rings. The number of ether oxygens (including phenoxy) is 1. The van der Waals surface area contributed by atoms with Gasteiger partial charge in [-0.05, 0) is 62.1 Å². The number of pyridine rings is 1. The maximum Gasteiger partial charge on any atom is 0.359 e. The third-order valence-corrected chi connectivity index (χ3v) is 7.89. The minimum Gasteiger partial charge on any atom is -0.510 e. The molecule has 4 rings (SSSR count). The van der Waals surface area contributed by atoms with Crippen molar-refractivity contribution >= 4 is 27.4 Å². The van der Waals surface area contributed by atoms with E-state index in [4.69, 9.17) is 4.74 Å². The van der Waals surface area contributed by atoms with E-state index in [1.165, 1.54) is 12.3 Å². The van der Waals surface area contributed by atoms with E-state index < -0.39 is 21.6 Å². The minimum atomic E-state index is -3.89. The smallest absolute Gasteiger partial charge is 0.359 e. The van der Waals surface area contributed by atoms with Crippen LogP contribution >= 0.6 is 0 Å². The summed E-state index contributed by atoms with van der Waals surface area (Å²) in [6.45, 7) is 4.24. The van der Waals surface area contributed by atoms with Gasteiger partial charge in [-0.1, -0.05) is 55.8 Å². The van der Waals surface area contributed by atoms with E-state index in [2.05, 4.69) is 9.71 Å². The van der Waals surface area contributed by atoms with E-state index in [1.807, 2.05) is 44.2 Å². The molecule has 0 spiro atoms. The van der Waals surface area contributed by atoms with Gasteiger partial charge in [-0.15, -0.1) is 0 Å². The van der Waals surface area contributed by atoms with Gasteiger partial charge in [0.2, 0.25) is 0 Å². The van der Waals surface area contributed by atoms with Gasteiger partial charge in [0.1, 0.15) is 11.4 Å². The topological polar surface area (TPSA) is 109 Å². The van der Waals surface area contributed by atoms with Crippen molar-refractivity contribution in [2.24, 2.45) is 0 Å². The molecule has 9 heteroatoms. The molecule has 0 fully saturated rings. The number of carbonyl (C=O) groups is 1. The first-order chi connectivity index (χ1) is 18.3. The molecule has 2 heterocycles. The van der Waals surface area contributed by atoms with Crippen LogP contribution in [0.3, 0.4) is 0 Å². The minimum absolute atomic E-state index is 0.0240. The molecular formula is C29H33N3O5S. The molecule has 2 N–H and O–H groups in total. The number of cyclic esters (lactones) is 1. The molecule has 3 aromatic rings. The monoisotopic (exact) mass is 535 g/mol. The van der Waals surface area contributed by atoms with Crippen LogP contribution in [0.4, 0.5) is 11.4 Å². The molecule has 2 aromatic carbocycles. The van der Waals surface area contributed by atoms with Crippen LogP contribution in [0.25, 0.3) is 0 Å². The van der Waals surface area contributed by atoms with E-state index in [1.54, 1.807) is 41.3 Å². The number of likely N-dealkylation sites (N-methyl/N-ethyl adjacent to an activating group) is 1. The van der Waals surface area contributed by atoms with Gasteiger partial charge in [0.05, 0.1) is 5.69 Å². The summed E-state index contributed by atoms with van der Waals surface area (Å²) in [7, 11) is -3.89. The average Bonchev–Trinajstić information content (AvgIpc) is 2.91. The van der Waals surface area contributed by atoms with Crippen molar-refractivity contribution in [3.8, 4) is 0 Å². The van der Waals surface area contributed by atoms with Crippen LogP contribution in [0.1, 0.15) is 45.1 Å². The van der Waals surface area contributed by atoms with Crippen LogP contribution in [0.2, 0.25) is 0 Å². The lowest BCUT2D eigenvalue weighted by Crippen LogP contribution is -2.44. The molecule has 200 valence electrons. The Hall–Kier alpha value is -3.85. The number of aliphatic hydroxyl groups excluding tert-OH is 1. The fraction of sp³-hybridized carbons (Fsp3) is 0.310. The van der Waals surface area contributed by atoms with Crippen molar-refractivity contribution in [1.29, 1.82) is 0 Å². The first kappa shape index (κ1) is 27.2. The summed E-state index contributed by atoms with van der Waals surface area (Å²) in [6, 6.07) is 21.3. The number of hydrogen-bond acceptors (Lipinski definition) is 7. The number of benzene rings is 2. The second kappa shape index (κ2) is 11.7. The number of carbonyl (C=O) groups excluding carboxylic acids is 1. The molecule has 1 aromatic heterocycles. The van der Waals surface area contributed by atoms with E-state index >= 15 is 0 Å². The van der Waals surface area contributed by atoms with Gasteiger partial charge in [0.15, 0.2) is 10.7 Å². The number of nitrogens with zero attached hydrogens (tertiary/aromatic N) is 2. The first-order valence-electron chi connectivity index (χ1n) is 12.8. The molecule has 0 saturated heterocycles. The average molecular weight is 536 g/mol. The Morgan fingerprint density at radius 2 is 1.79 bits per heavy atom. The highest BCUT2D eigenvalue weighted by molar-refractivity contribution is 7.92. The number of rotatable bonds is 11. The van der Waals surface area contributed by atoms with Gasteiger partial charge >= 0.3 is 5.97 Å². The molecule has 1 unspecified atom stereocenters. The SMILES string of the molecule is CCCC1(CCc2ccccc2)CC(O)=C(N(CC)c2cccc(NS(=O)(=O)c3ccccn3)c2)C(=O)O1. The number of aryl methyl sites for hydroxylation is 1. The third-order valence-electron chi connectivity index (χ3n) is 6.59. The van der Waals surface area contributed by atoms with Crippen LogP contribution < -0.4 is 9.62 Å². The van der Waals surface area contributed by atoms with Gasteiger partial charge in [0, 0.05) is 24.8 Å². The number of esters is 1. The van der Waals surface area contributed by atoms with Crippen LogP contribution in [-0.2, 0) is 26.0 Å². The van der Waals surface area contributed by atoms with Crippen molar-refractivity contribution in [3.05, 3.63) is 96.0 Å². The Morgan fingerprint density at radius 3 is 2.45 bits per heavy atom. The van der Waals surface area contributed by atoms with Gasteiger partial charge in [-0.3, -0.25) is 4.72 Å². The highest BCUT2D eigenvalue weighted by atomic mass is 32.2. The molecule has 0 saturated carbocycles. The first-order valence-corrected chi connectivity index (χ1v) is 14.3. The fourth-order valence-electron chi connectivity index (χ4n) is 4.85. The lowest BCUT2D eigenvalue weighted by atomic mass is 9.84. The van der Waals surface area contributed by atoms with Crippen LogP contribution in [-0.4, -0.2) is 36.6 Å². The van der Waals surface area contributed by atoms with E-state index in [9.17, 15) is 18.3 Å². The molecule has 1 atom stereocenters. The Bertz CT molecular complexity index is 1390. The predicted octanol–water partition coefficient (Wildman–Crippen LogP) is 5.60. The second-order valence-electron chi connectivity index (χ2n) is 9.35. The van der Waals surface area contributed by atoms with Crippen molar-refractivity contribution in [1.82, 2.24) is 4.98 Å². The normalized spacial score (nSPS) is 17.7. The lowest BCUT2D eigenvalue weighted by molar-refractivity contribution is -0.160. The summed E-state index contributed by atoms with van der Waals surface area (Å²) >= 11 is 0. The standard InChI is InChI=1S/C29H33N3O5S/c1-3-17-29(18-16-22-11-6-5-7-12-22)21-25(33)27(28(34)37-29)32(4-2)24-14-10-13-23(20-24)31-38(35,36)26-15-8-9-19-30-26/h5-15,19-20,31,33H,3-4,16-18,21H2,1-2H3. The molecule has 0 aliphatic carbocycles. The third kappa shape index (κ3) is 6.16. The van der Waals surface area contributed by atoms with E-state index in [-0.39, 0.29) is 22.9 Å². The molecule has 0 bridgehead atoms. The Labute approximate surface area is 224 Å². The maximum absolute atomic E-state index is 13.4. The highest BCUT2D eigenvalue weighted by Gasteiger charge is 2.42.